The molecule has 0 saturated heterocycles. The van der Waals surface area contributed by atoms with Crippen molar-refractivity contribution in [3.8, 4) is 11.1 Å². The first kappa shape index (κ1) is 11.1. The van der Waals surface area contributed by atoms with Gasteiger partial charge in [0.15, 0.2) is 11.3 Å². The number of pyridine rings is 1. The highest BCUT2D eigenvalue weighted by molar-refractivity contribution is 5.94. The highest BCUT2D eigenvalue weighted by Gasteiger charge is 2.18. The quantitative estimate of drug-likeness (QED) is 0.683. The van der Waals surface area contributed by atoms with Crippen molar-refractivity contribution in [3.05, 3.63) is 36.5 Å². The number of fused-ring (bicyclic) bond motifs is 1. The van der Waals surface area contributed by atoms with E-state index in [2.05, 4.69) is 20.1 Å². The van der Waals surface area contributed by atoms with Crippen LogP contribution >= 0.6 is 0 Å². The standard InChI is InChI=1S/C11H8N6O2/c12-11-15-8-2-1-7(6-3-13-5-14-4-6)9(10(18)19)17(8)16-11/h1-5H,(H2,12,16)(H,18,19). The van der Waals surface area contributed by atoms with Crippen LogP contribution in [0.2, 0.25) is 0 Å². The second-order valence-electron chi connectivity index (χ2n) is 3.77. The first-order chi connectivity index (χ1) is 9.16. The third-order valence-electron chi connectivity index (χ3n) is 2.59. The summed E-state index contributed by atoms with van der Waals surface area (Å²) in [5, 5.41) is 13.2. The zero-order valence-electron chi connectivity index (χ0n) is 9.56. The lowest BCUT2D eigenvalue weighted by Gasteiger charge is -2.06. The first-order valence-corrected chi connectivity index (χ1v) is 5.31. The van der Waals surface area contributed by atoms with Crippen LogP contribution in [-0.2, 0) is 0 Å². The zero-order valence-corrected chi connectivity index (χ0v) is 9.56. The fourth-order valence-electron chi connectivity index (χ4n) is 1.84. The highest BCUT2D eigenvalue weighted by Crippen LogP contribution is 2.23. The zero-order chi connectivity index (χ0) is 13.4. The van der Waals surface area contributed by atoms with E-state index in [0.29, 0.717) is 16.8 Å². The number of hydrogen-bond acceptors (Lipinski definition) is 6. The van der Waals surface area contributed by atoms with Crippen molar-refractivity contribution < 1.29 is 9.90 Å². The molecule has 0 atom stereocenters. The van der Waals surface area contributed by atoms with Crippen molar-refractivity contribution in [3.63, 3.8) is 0 Å². The summed E-state index contributed by atoms with van der Waals surface area (Å²) in [4.78, 5) is 23.1. The number of aromatic carboxylic acids is 1. The molecule has 19 heavy (non-hydrogen) atoms. The van der Waals surface area contributed by atoms with E-state index in [4.69, 9.17) is 5.73 Å². The van der Waals surface area contributed by atoms with Gasteiger partial charge >= 0.3 is 5.97 Å². The number of nitrogens with zero attached hydrogens (tertiary/aromatic N) is 5. The summed E-state index contributed by atoms with van der Waals surface area (Å²) in [6, 6.07) is 3.27. The van der Waals surface area contributed by atoms with Crippen LogP contribution in [0, 0.1) is 0 Å². The molecule has 0 aliphatic carbocycles. The first-order valence-electron chi connectivity index (χ1n) is 5.31. The van der Waals surface area contributed by atoms with Crippen LogP contribution in [0.25, 0.3) is 16.8 Å². The van der Waals surface area contributed by atoms with Crippen LogP contribution in [-0.4, -0.2) is 35.6 Å². The van der Waals surface area contributed by atoms with Gasteiger partial charge in [0.05, 0.1) is 0 Å². The molecule has 0 amide bonds. The van der Waals surface area contributed by atoms with Crippen molar-refractivity contribution >= 4 is 17.6 Å². The molecule has 0 aromatic carbocycles. The maximum absolute atomic E-state index is 11.4. The molecule has 0 unspecified atom stereocenters. The number of carboxylic acid groups (broad SMARTS) is 1. The fraction of sp³-hybridized carbons (Fsp3) is 0. The van der Waals surface area contributed by atoms with Gasteiger partial charge in [-0.15, -0.1) is 5.10 Å². The molecule has 0 aliphatic heterocycles. The van der Waals surface area contributed by atoms with Crippen LogP contribution in [0.15, 0.2) is 30.9 Å². The third-order valence-corrected chi connectivity index (χ3v) is 2.59. The van der Waals surface area contributed by atoms with Gasteiger partial charge in [-0.1, -0.05) is 0 Å². The minimum Gasteiger partial charge on any atom is -0.476 e. The number of carbonyl (C=O) groups is 1. The molecule has 8 nitrogen and oxygen atoms in total. The number of anilines is 1. The van der Waals surface area contributed by atoms with Crippen molar-refractivity contribution in [2.75, 3.05) is 5.73 Å². The maximum Gasteiger partial charge on any atom is 0.355 e. The minimum absolute atomic E-state index is 0.0176. The van der Waals surface area contributed by atoms with Gasteiger partial charge in [-0.25, -0.2) is 19.3 Å². The van der Waals surface area contributed by atoms with E-state index in [1.807, 2.05) is 0 Å². The van der Waals surface area contributed by atoms with Gasteiger partial charge in [-0.2, -0.15) is 4.98 Å². The highest BCUT2D eigenvalue weighted by atomic mass is 16.4. The lowest BCUT2D eigenvalue weighted by molar-refractivity contribution is 0.0688. The molecule has 3 aromatic rings. The average molecular weight is 256 g/mol. The summed E-state index contributed by atoms with van der Waals surface area (Å²) in [6.07, 6.45) is 4.43. The smallest absolute Gasteiger partial charge is 0.355 e. The Hall–Kier alpha value is -3.03. The van der Waals surface area contributed by atoms with Gasteiger partial charge < -0.3 is 10.8 Å². The Labute approximate surface area is 106 Å². The summed E-state index contributed by atoms with van der Waals surface area (Å²) >= 11 is 0. The molecule has 3 rings (SSSR count). The van der Waals surface area contributed by atoms with Crippen LogP contribution in [0.1, 0.15) is 10.5 Å². The Kier molecular flexibility index (Phi) is 2.34. The van der Waals surface area contributed by atoms with E-state index in [1.165, 1.54) is 23.2 Å². The van der Waals surface area contributed by atoms with E-state index in [1.54, 1.807) is 12.1 Å². The average Bonchev–Trinajstić information content (AvgIpc) is 2.78. The number of rotatable bonds is 2. The SMILES string of the molecule is Nc1nc2ccc(-c3cncnc3)c(C(=O)O)n2n1. The van der Waals surface area contributed by atoms with Crippen molar-refractivity contribution in [2.24, 2.45) is 0 Å². The molecule has 3 heterocycles. The summed E-state index contributed by atoms with van der Waals surface area (Å²) in [5.41, 5.74) is 6.86. The summed E-state index contributed by atoms with van der Waals surface area (Å²) in [5.74, 6) is -1.11. The Balaban J connectivity index is 2.36. The lowest BCUT2D eigenvalue weighted by Crippen LogP contribution is -2.09. The van der Waals surface area contributed by atoms with E-state index in [-0.39, 0.29) is 11.6 Å². The fourth-order valence-corrected chi connectivity index (χ4v) is 1.84. The Bertz CT molecular complexity index is 767. The topological polar surface area (TPSA) is 119 Å². The summed E-state index contributed by atoms with van der Waals surface area (Å²) in [7, 11) is 0. The van der Waals surface area contributed by atoms with Crippen molar-refractivity contribution in [2.45, 2.75) is 0 Å². The van der Waals surface area contributed by atoms with Gasteiger partial charge in [0.25, 0.3) is 0 Å². The number of nitrogens with two attached hydrogens (primary N) is 1. The predicted octanol–water partition coefficient (Wildman–Crippen LogP) is 0.467. The molecule has 3 N–H and O–H groups in total. The molecule has 94 valence electrons. The molecular formula is C11H8N6O2. The Morgan fingerprint density at radius 3 is 2.68 bits per heavy atom. The van der Waals surface area contributed by atoms with E-state index >= 15 is 0 Å². The Morgan fingerprint density at radius 2 is 2.00 bits per heavy atom. The lowest BCUT2D eigenvalue weighted by atomic mass is 10.1. The van der Waals surface area contributed by atoms with Crippen LogP contribution in [0.5, 0.6) is 0 Å². The second kappa shape index (κ2) is 4.02. The molecule has 0 bridgehead atoms. The minimum atomic E-state index is -1.13. The van der Waals surface area contributed by atoms with Crippen LogP contribution < -0.4 is 5.73 Å². The van der Waals surface area contributed by atoms with Gasteiger partial charge in [0.2, 0.25) is 5.95 Å². The van der Waals surface area contributed by atoms with Crippen LogP contribution in [0.3, 0.4) is 0 Å². The van der Waals surface area contributed by atoms with Crippen LogP contribution in [0.4, 0.5) is 5.95 Å². The molecule has 0 saturated carbocycles. The molecule has 0 fully saturated rings. The van der Waals surface area contributed by atoms with E-state index in [0.717, 1.165) is 0 Å². The number of aromatic nitrogens is 5. The largest absolute Gasteiger partial charge is 0.476 e. The normalized spacial score (nSPS) is 10.7. The summed E-state index contributed by atoms with van der Waals surface area (Å²) in [6.45, 7) is 0. The molecule has 8 heteroatoms. The molecule has 3 aromatic heterocycles. The Morgan fingerprint density at radius 1 is 1.26 bits per heavy atom. The van der Waals surface area contributed by atoms with Gasteiger partial charge in [0.1, 0.15) is 6.33 Å². The predicted molar refractivity (Wildman–Crippen MR) is 65.4 cm³/mol. The van der Waals surface area contributed by atoms with Gasteiger partial charge in [-0.05, 0) is 12.1 Å². The molecule has 0 radical (unpaired) electrons. The number of nitrogen functional groups attached to an aromatic ring is 1. The van der Waals surface area contributed by atoms with Crippen molar-refractivity contribution in [1.29, 1.82) is 0 Å². The number of hydrogen-bond donors (Lipinski definition) is 2. The van der Waals surface area contributed by atoms with Crippen molar-refractivity contribution in [1.82, 2.24) is 24.6 Å². The van der Waals surface area contributed by atoms with E-state index < -0.39 is 5.97 Å². The number of carboxylic acids is 1. The molecule has 0 aliphatic rings. The molecular weight excluding hydrogens is 248 g/mol. The maximum atomic E-state index is 11.4. The molecule has 0 spiro atoms. The van der Waals surface area contributed by atoms with Gasteiger partial charge in [-0.3, -0.25) is 0 Å². The third kappa shape index (κ3) is 1.75. The second-order valence-corrected chi connectivity index (χ2v) is 3.77. The summed E-state index contributed by atoms with van der Waals surface area (Å²) < 4.78 is 1.19. The van der Waals surface area contributed by atoms with E-state index in [9.17, 15) is 9.90 Å². The van der Waals surface area contributed by atoms with Gasteiger partial charge in [0, 0.05) is 23.5 Å². The monoisotopic (exact) mass is 256 g/mol.